The van der Waals surface area contributed by atoms with Crippen molar-refractivity contribution in [3.05, 3.63) is 54.4 Å². The van der Waals surface area contributed by atoms with Gasteiger partial charge in [0.15, 0.2) is 0 Å². The number of hydrogen-bond acceptors (Lipinski definition) is 5. The minimum absolute atomic E-state index is 0.0804. The van der Waals surface area contributed by atoms with E-state index in [2.05, 4.69) is 20.2 Å². The summed E-state index contributed by atoms with van der Waals surface area (Å²) in [5.41, 5.74) is 7.13. The van der Waals surface area contributed by atoms with Gasteiger partial charge in [-0.05, 0) is 30.9 Å². The van der Waals surface area contributed by atoms with Gasteiger partial charge in [-0.2, -0.15) is 0 Å². The number of amides is 1. The molecule has 24 heavy (non-hydrogen) atoms. The van der Waals surface area contributed by atoms with E-state index >= 15 is 0 Å². The summed E-state index contributed by atoms with van der Waals surface area (Å²) < 4.78 is 0. The molecule has 0 radical (unpaired) electrons. The number of carbonyl (C=O) groups excluding carboxylic acids is 1. The lowest BCUT2D eigenvalue weighted by molar-refractivity contribution is -0.123. The molecule has 0 bridgehead atoms. The van der Waals surface area contributed by atoms with E-state index < -0.39 is 6.04 Å². The highest BCUT2D eigenvalue weighted by Gasteiger charge is 2.24. The molecule has 2 aromatic rings. The van der Waals surface area contributed by atoms with Crippen molar-refractivity contribution in [3.63, 3.8) is 0 Å². The molecule has 1 amide bonds. The average molecular weight is 325 g/mol. The summed E-state index contributed by atoms with van der Waals surface area (Å²) in [6.07, 6.45) is 5.97. The van der Waals surface area contributed by atoms with Crippen LogP contribution in [0.2, 0.25) is 0 Å². The molecule has 0 aliphatic carbocycles. The summed E-state index contributed by atoms with van der Waals surface area (Å²) in [6, 6.07) is 11.2. The van der Waals surface area contributed by atoms with Gasteiger partial charge < -0.3 is 16.0 Å². The molecular formula is C18H23N5O. The molecule has 1 aromatic heterocycles. The van der Waals surface area contributed by atoms with Gasteiger partial charge in [-0.15, -0.1) is 0 Å². The van der Waals surface area contributed by atoms with E-state index in [1.165, 1.54) is 0 Å². The molecule has 1 aliphatic heterocycles. The Kier molecular flexibility index (Phi) is 5.38. The first kappa shape index (κ1) is 16.4. The maximum absolute atomic E-state index is 12.4. The SMILES string of the molecule is NC(Cc1ccccc1)C(=O)NC1CCCN(c2ncccn2)C1. The Morgan fingerprint density at radius 1 is 1.25 bits per heavy atom. The van der Waals surface area contributed by atoms with Crippen LogP contribution in [0, 0.1) is 0 Å². The van der Waals surface area contributed by atoms with E-state index in [-0.39, 0.29) is 11.9 Å². The molecule has 0 spiro atoms. The second-order valence-corrected chi connectivity index (χ2v) is 6.14. The van der Waals surface area contributed by atoms with Crippen LogP contribution < -0.4 is 16.0 Å². The van der Waals surface area contributed by atoms with Gasteiger partial charge >= 0.3 is 0 Å². The third-order valence-electron chi connectivity index (χ3n) is 4.24. The van der Waals surface area contributed by atoms with Gasteiger partial charge in [-0.25, -0.2) is 9.97 Å². The van der Waals surface area contributed by atoms with Gasteiger partial charge in [0.2, 0.25) is 11.9 Å². The van der Waals surface area contributed by atoms with E-state index in [9.17, 15) is 4.79 Å². The Morgan fingerprint density at radius 2 is 2.00 bits per heavy atom. The summed E-state index contributed by atoms with van der Waals surface area (Å²) in [4.78, 5) is 23.0. The van der Waals surface area contributed by atoms with Crippen LogP contribution in [-0.4, -0.2) is 41.0 Å². The zero-order chi connectivity index (χ0) is 16.8. The third-order valence-corrected chi connectivity index (χ3v) is 4.24. The third kappa shape index (κ3) is 4.29. The first-order chi connectivity index (χ1) is 11.7. The zero-order valence-corrected chi connectivity index (χ0v) is 13.6. The van der Waals surface area contributed by atoms with Crippen LogP contribution >= 0.6 is 0 Å². The minimum Gasteiger partial charge on any atom is -0.350 e. The lowest BCUT2D eigenvalue weighted by atomic mass is 10.0. The van der Waals surface area contributed by atoms with E-state index in [1.807, 2.05) is 30.3 Å². The smallest absolute Gasteiger partial charge is 0.237 e. The molecule has 2 atom stereocenters. The lowest BCUT2D eigenvalue weighted by Crippen LogP contribution is -2.52. The topological polar surface area (TPSA) is 84.1 Å². The maximum atomic E-state index is 12.4. The molecule has 0 saturated carbocycles. The number of rotatable bonds is 5. The van der Waals surface area contributed by atoms with E-state index in [0.29, 0.717) is 18.9 Å². The molecule has 2 heterocycles. The number of anilines is 1. The Hall–Kier alpha value is -2.47. The van der Waals surface area contributed by atoms with Crippen LogP contribution in [0.15, 0.2) is 48.8 Å². The van der Waals surface area contributed by atoms with Crippen molar-refractivity contribution in [3.8, 4) is 0 Å². The van der Waals surface area contributed by atoms with Gasteiger partial charge in [0.1, 0.15) is 0 Å². The van der Waals surface area contributed by atoms with Gasteiger partial charge in [0.05, 0.1) is 6.04 Å². The molecule has 6 nitrogen and oxygen atoms in total. The molecule has 3 N–H and O–H groups in total. The van der Waals surface area contributed by atoms with Crippen molar-refractivity contribution in [2.75, 3.05) is 18.0 Å². The van der Waals surface area contributed by atoms with Crippen molar-refractivity contribution < 1.29 is 4.79 Å². The molecule has 1 aliphatic rings. The summed E-state index contributed by atoms with van der Waals surface area (Å²) in [5.74, 6) is 0.615. The first-order valence-electron chi connectivity index (χ1n) is 8.34. The molecule has 126 valence electrons. The maximum Gasteiger partial charge on any atom is 0.237 e. The standard InChI is InChI=1S/C18H23N5O/c19-16(12-14-6-2-1-3-7-14)17(24)22-15-8-4-11-23(13-15)18-20-9-5-10-21-18/h1-3,5-7,9-10,15-16H,4,8,11-13,19H2,(H,22,24). The van der Waals surface area contributed by atoms with E-state index in [4.69, 9.17) is 5.73 Å². The first-order valence-corrected chi connectivity index (χ1v) is 8.34. The summed E-state index contributed by atoms with van der Waals surface area (Å²) >= 11 is 0. The molecule has 6 heteroatoms. The normalized spacial score (nSPS) is 18.9. The molecular weight excluding hydrogens is 302 g/mol. The highest BCUT2D eigenvalue weighted by atomic mass is 16.2. The Balaban J connectivity index is 1.54. The van der Waals surface area contributed by atoms with Crippen LogP contribution in [0.4, 0.5) is 5.95 Å². The number of carbonyl (C=O) groups is 1. The Morgan fingerprint density at radius 3 is 2.75 bits per heavy atom. The largest absolute Gasteiger partial charge is 0.350 e. The Bertz CT molecular complexity index is 649. The van der Waals surface area contributed by atoms with Crippen LogP contribution in [0.25, 0.3) is 0 Å². The van der Waals surface area contributed by atoms with Gasteiger partial charge in [-0.1, -0.05) is 30.3 Å². The molecule has 3 rings (SSSR count). The molecule has 2 unspecified atom stereocenters. The lowest BCUT2D eigenvalue weighted by Gasteiger charge is -2.33. The van der Waals surface area contributed by atoms with Crippen molar-refractivity contribution in [1.82, 2.24) is 15.3 Å². The summed E-state index contributed by atoms with van der Waals surface area (Å²) in [6.45, 7) is 1.63. The van der Waals surface area contributed by atoms with Crippen molar-refractivity contribution in [2.24, 2.45) is 5.73 Å². The van der Waals surface area contributed by atoms with Gasteiger partial charge in [-0.3, -0.25) is 4.79 Å². The van der Waals surface area contributed by atoms with Crippen LogP contribution in [0.5, 0.6) is 0 Å². The van der Waals surface area contributed by atoms with Crippen LogP contribution in [0.1, 0.15) is 18.4 Å². The number of piperidine rings is 1. The monoisotopic (exact) mass is 325 g/mol. The second kappa shape index (κ2) is 7.88. The predicted molar refractivity (Wildman–Crippen MR) is 93.5 cm³/mol. The molecule has 1 fully saturated rings. The Labute approximate surface area is 142 Å². The van der Waals surface area contributed by atoms with Crippen LogP contribution in [0.3, 0.4) is 0 Å². The minimum atomic E-state index is -0.532. The second-order valence-electron chi connectivity index (χ2n) is 6.14. The number of aromatic nitrogens is 2. The predicted octanol–water partition coefficient (Wildman–Crippen LogP) is 1.13. The average Bonchev–Trinajstić information content (AvgIpc) is 2.63. The number of nitrogens with zero attached hydrogens (tertiary/aromatic N) is 3. The fourth-order valence-electron chi connectivity index (χ4n) is 3.00. The van der Waals surface area contributed by atoms with E-state index in [0.717, 1.165) is 24.9 Å². The van der Waals surface area contributed by atoms with Gasteiger partial charge in [0.25, 0.3) is 0 Å². The highest BCUT2D eigenvalue weighted by molar-refractivity contribution is 5.82. The zero-order valence-electron chi connectivity index (χ0n) is 13.6. The molecule has 1 aromatic carbocycles. The fraction of sp³-hybridized carbons (Fsp3) is 0.389. The number of hydrogen-bond donors (Lipinski definition) is 2. The molecule has 1 saturated heterocycles. The summed E-state index contributed by atoms with van der Waals surface area (Å²) in [5, 5.41) is 3.08. The fourth-order valence-corrected chi connectivity index (χ4v) is 3.00. The number of benzene rings is 1. The van der Waals surface area contributed by atoms with Crippen molar-refractivity contribution in [1.29, 1.82) is 0 Å². The number of nitrogens with one attached hydrogen (secondary N) is 1. The van der Waals surface area contributed by atoms with Gasteiger partial charge in [0, 0.05) is 31.5 Å². The quantitative estimate of drug-likeness (QED) is 0.861. The number of nitrogens with two attached hydrogens (primary N) is 1. The van der Waals surface area contributed by atoms with E-state index in [1.54, 1.807) is 18.5 Å². The summed E-state index contributed by atoms with van der Waals surface area (Å²) in [7, 11) is 0. The van der Waals surface area contributed by atoms with Crippen LogP contribution in [-0.2, 0) is 11.2 Å². The van der Waals surface area contributed by atoms with Crippen molar-refractivity contribution >= 4 is 11.9 Å². The van der Waals surface area contributed by atoms with Crippen molar-refractivity contribution in [2.45, 2.75) is 31.3 Å². The highest BCUT2D eigenvalue weighted by Crippen LogP contribution is 2.15.